The van der Waals surface area contributed by atoms with Crippen LogP contribution in [0, 0.1) is 0 Å². The molecular weight excluding hydrogens is 342 g/mol. The third kappa shape index (κ3) is 4.28. The lowest BCUT2D eigenvalue weighted by Crippen LogP contribution is -2.44. The van der Waals surface area contributed by atoms with Gasteiger partial charge in [0.15, 0.2) is 0 Å². The number of hydrogen-bond acceptors (Lipinski definition) is 4. The molecule has 0 saturated carbocycles. The second kappa shape index (κ2) is 7.53. The van der Waals surface area contributed by atoms with Crippen LogP contribution in [0.4, 0.5) is 0 Å². The van der Waals surface area contributed by atoms with Crippen molar-refractivity contribution in [2.75, 3.05) is 13.1 Å². The van der Waals surface area contributed by atoms with Crippen LogP contribution in [0.5, 0.6) is 5.75 Å². The first-order valence-corrected chi connectivity index (χ1v) is 8.38. The van der Waals surface area contributed by atoms with E-state index in [0.29, 0.717) is 29.4 Å². The summed E-state index contributed by atoms with van der Waals surface area (Å²) < 4.78 is 5.92. The molecule has 1 atom stereocenters. The standard InChI is InChI=1S/C18H18ClN3O3/c19-13-5-3-12(4-6-13)18(24)22-9-1-2-15(11-22)25-14-7-8-21-16(10-14)17(20)23/h3-8,10,15H,1-2,9,11H2,(H2,20,23). The van der Waals surface area contributed by atoms with Gasteiger partial charge in [0, 0.05) is 29.4 Å². The summed E-state index contributed by atoms with van der Waals surface area (Å²) in [6.45, 7) is 1.17. The molecule has 1 aromatic carbocycles. The fourth-order valence-corrected chi connectivity index (χ4v) is 2.93. The average molecular weight is 360 g/mol. The lowest BCUT2D eigenvalue weighted by Gasteiger charge is -2.33. The van der Waals surface area contributed by atoms with E-state index in [4.69, 9.17) is 22.1 Å². The number of nitrogens with zero attached hydrogens (tertiary/aromatic N) is 2. The molecule has 1 aliphatic rings. The van der Waals surface area contributed by atoms with Gasteiger partial charge in [-0.3, -0.25) is 14.6 Å². The normalized spacial score (nSPS) is 17.2. The Morgan fingerprint density at radius 3 is 2.72 bits per heavy atom. The van der Waals surface area contributed by atoms with Crippen LogP contribution in [-0.4, -0.2) is 40.9 Å². The molecular formula is C18H18ClN3O3. The summed E-state index contributed by atoms with van der Waals surface area (Å²) in [6.07, 6.45) is 3.01. The number of likely N-dealkylation sites (tertiary alicyclic amines) is 1. The first-order valence-electron chi connectivity index (χ1n) is 8.00. The summed E-state index contributed by atoms with van der Waals surface area (Å²) in [7, 11) is 0. The SMILES string of the molecule is NC(=O)c1cc(OC2CCCN(C(=O)c3ccc(Cl)cc3)C2)ccn1. The van der Waals surface area contributed by atoms with E-state index in [-0.39, 0.29) is 17.7 Å². The lowest BCUT2D eigenvalue weighted by molar-refractivity contribution is 0.0537. The molecule has 0 spiro atoms. The predicted octanol–water partition coefficient (Wildman–Crippen LogP) is 2.52. The molecule has 2 amide bonds. The molecule has 1 fully saturated rings. The number of benzene rings is 1. The maximum absolute atomic E-state index is 12.6. The number of pyridine rings is 1. The van der Waals surface area contributed by atoms with Gasteiger partial charge in [0.05, 0.1) is 6.54 Å². The van der Waals surface area contributed by atoms with Crippen molar-refractivity contribution in [2.24, 2.45) is 5.73 Å². The molecule has 1 aliphatic heterocycles. The zero-order chi connectivity index (χ0) is 17.8. The minimum Gasteiger partial charge on any atom is -0.488 e. The maximum Gasteiger partial charge on any atom is 0.267 e. The smallest absolute Gasteiger partial charge is 0.267 e. The molecule has 2 aromatic rings. The van der Waals surface area contributed by atoms with Gasteiger partial charge < -0.3 is 15.4 Å². The first-order chi connectivity index (χ1) is 12.0. The van der Waals surface area contributed by atoms with E-state index in [1.807, 2.05) is 0 Å². The Balaban J connectivity index is 1.66. The summed E-state index contributed by atoms with van der Waals surface area (Å²) >= 11 is 5.87. The fourth-order valence-electron chi connectivity index (χ4n) is 2.81. The number of carbonyl (C=O) groups is 2. The van der Waals surface area contributed by atoms with Gasteiger partial charge in [0.1, 0.15) is 17.5 Å². The van der Waals surface area contributed by atoms with Gasteiger partial charge in [0.2, 0.25) is 0 Å². The van der Waals surface area contributed by atoms with Gasteiger partial charge in [-0.25, -0.2) is 0 Å². The van der Waals surface area contributed by atoms with Crippen molar-refractivity contribution in [1.29, 1.82) is 0 Å². The van der Waals surface area contributed by atoms with Crippen molar-refractivity contribution in [3.63, 3.8) is 0 Å². The van der Waals surface area contributed by atoms with Crippen LogP contribution in [0.25, 0.3) is 0 Å². The van der Waals surface area contributed by atoms with Gasteiger partial charge in [-0.15, -0.1) is 0 Å². The third-order valence-corrected chi connectivity index (χ3v) is 4.30. The zero-order valence-corrected chi connectivity index (χ0v) is 14.3. The topological polar surface area (TPSA) is 85.5 Å². The van der Waals surface area contributed by atoms with Crippen molar-refractivity contribution in [3.05, 3.63) is 58.9 Å². The van der Waals surface area contributed by atoms with E-state index in [0.717, 1.165) is 12.8 Å². The van der Waals surface area contributed by atoms with Gasteiger partial charge in [0.25, 0.3) is 11.8 Å². The van der Waals surface area contributed by atoms with Gasteiger partial charge in [-0.05, 0) is 43.2 Å². The van der Waals surface area contributed by atoms with Gasteiger partial charge >= 0.3 is 0 Å². The van der Waals surface area contributed by atoms with Gasteiger partial charge in [-0.1, -0.05) is 11.6 Å². The second-order valence-corrected chi connectivity index (χ2v) is 6.32. The summed E-state index contributed by atoms with van der Waals surface area (Å²) in [5, 5.41) is 0.597. The molecule has 130 valence electrons. The molecule has 0 radical (unpaired) electrons. The Kier molecular flexibility index (Phi) is 5.19. The van der Waals surface area contributed by atoms with Crippen LogP contribution in [0.3, 0.4) is 0 Å². The van der Waals surface area contributed by atoms with Crippen LogP contribution in [-0.2, 0) is 0 Å². The Morgan fingerprint density at radius 2 is 2.00 bits per heavy atom. The number of aromatic nitrogens is 1. The quantitative estimate of drug-likeness (QED) is 0.908. The van der Waals surface area contributed by atoms with E-state index in [2.05, 4.69) is 4.98 Å². The number of rotatable bonds is 4. The van der Waals surface area contributed by atoms with Crippen LogP contribution in [0.1, 0.15) is 33.7 Å². The fraction of sp³-hybridized carbons (Fsp3) is 0.278. The molecule has 0 bridgehead atoms. The van der Waals surface area contributed by atoms with E-state index >= 15 is 0 Å². The molecule has 3 rings (SSSR count). The average Bonchev–Trinajstić information content (AvgIpc) is 2.62. The highest BCUT2D eigenvalue weighted by atomic mass is 35.5. The number of carbonyl (C=O) groups excluding carboxylic acids is 2. The molecule has 25 heavy (non-hydrogen) atoms. The molecule has 2 N–H and O–H groups in total. The van der Waals surface area contributed by atoms with E-state index in [9.17, 15) is 9.59 Å². The highest BCUT2D eigenvalue weighted by Crippen LogP contribution is 2.20. The predicted molar refractivity (Wildman–Crippen MR) is 93.8 cm³/mol. The second-order valence-electron chi connectivity index (χ2n) is 5.88. The summed E-state index contributed by atoms with van der Waals surface area (Å²) in [6, 6.07) is 10.0. The first kappa shape index (κ1) is 17.2. The van der Waals surface area contributed by atoms with Crippen molar-refractivity contribution < 1.29 is 14.3 Å². The number of nitrogens with two attached hydrogens (primary N) is 1. The lowest BCUT2D eigenvalue weighted by atomic mass is 10.1. The summed E-state index contributed by atoms with van der Waals surface area (Å²) in [5.74, 6) is -0.124. The Bertz CT molecular complexity index is 779. The van der Waals surface area contributed by atoms with Crippen LogP contribution in [0.2, 0.25) is 5.02 Å². The number of hydrogen-bond donors (Lipinski definition) is 1. The maximum atomic E-state index is 12.6. The van der Waals surface area contributed by atoms with Crippen molar-refractivity contribution in [2.45, 2.75) is 18.9 Å². The molecule has 1 saturated heterocycles. The molecule has 1 unspecified atom stereocenters. The summed E-state index contributed by atoms with van der Waals surface area (Å²) in [4.78, 5) is 29.5. The largest absolute Gasteiger partial charge is 0.488 e. The molecule has 7 heteroatoms. The monoisotopic (exact) mass is 359 g/mol. The molecule has 0 aliphatic carbocycles. The molecule has 1 aromatic heterocycles. The number of halogens is 1. The van der Waals surface area contributed by atoms with Crippen molar-refractivity contribution in [1.82, 2.24) is 9.88 Å². The minimum absolute atomic E-state index is 0.0440. The van der Waals surface area contributed by atoms with Crippen molar-refractivity contribution >= 4 is 23.4 Å². The number of amides is 2. The van der Waals surface area contributed by atoms with E-state index in [1.54, 1.807) is 35.2 Å². The Hall–Kier alpha value is -2.60. The van der Waals surface area contributed by atoms with Crippen LogP contribution >= 0.6 is 11.6 Å². The van der Waals surface area contributed by atoms with Crippen molar-refractivity contribution in [3.8, 4) is 5.75 Å². The highest BCUT2D eigenvalue weighted by molar-refractivity contribution is 6.30. The number of primary amides is 1. The van der Waals surface area contributed by atoms with Gasteiger partial charge in [-0.2, -0.15) is 0 Å². The minimum atomic E-state index is -0.603. The Morgan fingerprint density at radius 1 is 1.24 bits per heavy atom. The summed E-state index contributed by atoms with van der Waals surface area (Å²) in [5.41, 5.74) is 5.99. The van der Waals surface area contributed by atoms with E-state index < -0.39 is 5.91 Å². The van der Waals surface area contributed by atoms with Crippen LogP contribution in [0.15, 0.2) is 42.6 Å². The van der Waals surface area contributed by atoms with E-state index in [1.165, 1.54) is 12.3 Å². The van der Waals surface area contributed by atoms with Crippen LogP contribution < -0.4 is 10.5 Å². The molecule has 2 heterocycles. The highest BCUT2D eigenvalue weighted by Gasteiger charge is 2.25. The number of ether oxygens (including phenoxy) is 1. The molecule has 6 nitrogen and oxygen atoms in total. The third-order valence-electron chi connectivity index (χ3n) is 4.04. The zero-order valence-electron chi connectivity index (χ0n) is 13.5. The number of piperidine rings is 1. The Labute approximate surface area is 150 Å².